The molecule has 0 atom stereocenters. The Morgan fingerprint density at radius 3 is 2.47 bits per heavy atom. The van der Waals surface area contributed by atoms with Crippen LogP contribution in [0.1, 0.15) is 29.2 Å². The standard InChI is InChI=1S/C15H15Br2NS/c16-12-3-1-10(2-4-12)11-5-14(6-11)18-8-15-7-13(17)9-19-15/h1-4,7,9,11,14,18H,5-6,8H2. The van der Waals surface area contributed by atoms with E-state index in [-0.39, 0.29) is 0 Å². The minimum absolute atomic E-state index is 0.675. The van der Waals surface area contributed by atoms with Crippen molar-refractivity contribution in [3.8, 4) is 0 Å². The predicted octanol–water partition coefficient (Wildman–Crippen LogP) is 5.31. The highest BCUT2D eigenvalue weighted by atomic mass is 79.9. The number of halogens is 2. The fourth-order valence-electron chi connectivity index (χ4n) is 2.48. The summed E-state index contributed by atoms with van der Waals surface area (Å²) >= 11 is 8.79. The maximum atomic E-state index is 3.64. The number of benzene rings is 1. The van der Waals surface area contributed by atoms with Crippen LogP contribution in [-0.4, -0.2) is 6.04 Å². The van der Waals surface area contributed by atoms with Gasteiger partial charge in [-0.1, -0.05) is 28.1 Å². The molecule has 0 radical (unpaired) electrons. The monoisotopic (exact) mass is 399 g/mol. The van der Waals surface area contributed by atoms with Crippen molar-refractivity contribution >= 4 is 43.2 Å². The van der Waals surface area contributed by atoms with Gasteiger partial charge in [-0.2, -0.15) is 0 Å². The Morgan fingerprint density at radius 2 is 1.84 bits per heavy atom. The number of rotatable bonds is 4. The van der Waals surface area contributed by atoms with E-state index in [4.69, 9.17) is 0 Å². The summed E-state index contributed by atoms with van der Waals surface area (Å²) in [7, 11) is 0. The van der Waals surface area contributed by atoms with Crippen molar-refractivity contribution in [3.63, 3.8) is 0 Å². The molecule has 1 aliphatic rings. The van der Waals surface area contributed by atoms with E-state index >= 15 is 0 Å². The molecule has 1 heterocycles. The molecule has 0 amide bonds. The summed E-state index contributed by atoms with van der Waals surface area (Å²) in [5.74, 6) is 0.737. The average molecular weight is 401 g/mol. The number of thiophene rings is 1. The smallest absolute Gasteiger partial charge is 0.0302 e. The molecular weight excluding hydrogens is 386 g/mol. The maximum Gasteiger partial charge on any atom is 0.0302 e. The Morgan fingerprint density at radius 1 is 1.11 bits per heavy atom. The normalized spacial score (nSPS) is 22.2. The van der Waals surface area contributed by atoms with Gasteiger partial charge in [0, 0.05) is 31.8 Å². The van der Waals surface area contributed by atoms with Crippen LogP contribution in [-0.2, 0) is 6.54 Å². The molecule has 0 bridgehead atoms. The Bertz CT molecular complexity index is 544. The van der Waals surface area contributed by atoms with E-state index in [1.54, 1.807) is 0 Å². The molecule has 3 rings (SSSR count). The quantitative estimate of drug-likeness (QED) is 0.733. The van der Waals surface area contributed by atoms with Crippen LogP contribution in [0.5, 0.6) is 0 Å². The van der Waals surface area contributed by atoms with Gasteiger partial charge < -0.3 is 5.32 Å². The van der Waals surface area contributed by atoms with E-state index in [9.17, 15) is 0 Å². The van der Waals surface area contributed by atoms with Gasteiger partial charge in [-0.05, 0) is 58.5 Å². The molecule has 0 aliphatic heterocycles. The van der Waals surface area contributed by atoms with Crippen molar-refractivity contribution in [1.29, 1.82) is 0 Å². The number of hydrogen-bond acceptors (Lipinski definition) is 2. The Balaban J connectivity index is 1.46. The van der Waals surface area contributed by atoms with Gasteiger partial charge in [0.1, 0.15) is 0 Å². The van der Waals surface area contributed by atoms with Crippen LogP contribution in [0, 0.1) is 0 Å². The Kier molecular flexibility index (Phi) is 4.42. The minimum Gasteiger partial charge on any atom is -0.309 e. The molecule has 100 valence electrons. The van der Waals surface area contributed by atoms with Crippen molar-refractivity contribution in [2.75, 3.05) is 0 Å². The zero-order valence-electron chi connectivity index (χ0n) is 10.4. The molecule has 1 aliphatic carbocycles. The lowest BCUT2D eigenvalue weighted by Gasteiger charge is -2.36. The first kappa shape index (κ1) is 13.8. The fourth-order valence-corrected chi connectivity index (χ4v) is 4.15. The largest absolute Gasteiger partial charge is 0.309 e. The van der Waals surface area contributed by atoms with Gasteiger partial charge in [-0.15, -0.1) is 11.3 Å². The lowest BCUT2D eigenvalue weighted by Crippen LogP contribution is -2.39. The second kappa shape index (κ2) is 6.08. The fraction of sp³-hybridized carbons (Fsp3) is 0.333. The first-order valence-corrected chi connectivity index (χ1v) is 8.89. The molecule has 1 aromatic carbocycles. The summed E-state index contributed by atoms with van der Waals surface area (Å²) < 4.78 is 2.35. The van der Waals surface area contributed by atoms with Gasteiger partial charge in [0.15, 0.2) is 0 Å². The molecule has 0 saturated heterocycles. The van der Waals surface area contributed by atoms with Crippen LogP contribution in [0.3, 0.4) is 0 Å². The van der Waals surface area contributed by atoms with Gasteiger partial charge in [0.05, 0.1) is 0 Å². The molecule has 19 heavy (non-hydrogen) atoms. The van der Waals surface area contributed by atoms with Crippen molar-refractivity contribution in [2.45, 2.75) is 31.3 Å². The molecule has 0 unspecified atom stereocenters. The van der Waals surface area contributed by atoms with E-state index in [1.807, 2.05) is 11.3 Å². The first-order chi connectivity index (χ1) is 9.20. The second-order valence-electron chi connectivity index (χ2n) is 5.03. The molecule has 1 nitrogen and oxygen atoms in total. The van der Waals surface area contributed by atoms with Crippen molar-refractivity contribution in [3.05, 3.63) is 55.1 Å². The van der Waals surface area contributed by atoms with Crippen LogP contribution in [0.2, 0.25) is 0 Å². The Hall–Kier alpha value is -0.160. The van der Waals surface area contributed by atoms with Crippen LogP contribution in [0.25, 0.3) is 0 Å². The van der Waals surface area contributed by atoms with Gasteiger partial charge in [-0.25, -0.2) is 0 Å². The maximum absolute atomic E-state index is 3.64. The minimum atomic E-state index is 0.675. The zero-order valence-corrected chi connectivity index (χ0v) is 14.4. The van der Waals surface area contributed by atoms with Crippen LogP contribution in [0.15, 0.2) is 44.7 Å². The lowest BCUT2D eigenvalue weighted by atomic mass is 9.76. The average Bonchev–Trinajstić information content (AvgIpc) is 2.75. The van der Waals surface area contributed by atoms with E-state index in [2.05, 4.69) is 72.9 Å². The topological polar surface area (TPSA) is 12.0 Å². The third-order valence-electron chi connectivity index (χ3n) is 3.67. The van der Waals surface area contributed by atoms with E-state index in [0.717, 1.165) is 16.9 Å². The summed E-state index contributed by atoms with van der Waals surface area (Å²) in [4.78, 5) is 1.40. The molecule has 0 spiro atoms. The molecule has 2 aromatic rings. The summed E-state index contributed by atoms with van der Waals surface area (Å²) in [6.07, 6.45) is 2.52. The summed E-state index contributed by atoms with van der Waals surface area (Å²) in [5, 5.41) is 5.78. The second-order valence-corrected chi connectivity index (χ2v) is 7.86. The first-order valence-electron chi connectivity index (χ1n) is 6.42. The molecule has 1 saturated carbocycles. The number of nitrogens with one attached hydrogen (secondary N) is 1. The van der Waals surface area contributed by atoms with Crippen LogP contribution < -0.4 is 5.32 Å². The molecule has 1 N–H and O–H groups in total. The van der Waals surface area contributed by atoms with Crippen LogP contribution in [0.4, 0.5) is 0 Å². The summed E-state index contributed by atoms with van der Waals surface area (Å²) in [6, 6.07) is 11.6. The van der Waals surface area contributed by atoms with Crippen LogP contribution >= 0.6 is 43.2 Å². The third kappa shape index (κ3) is 3.48. The van der Waals surface area contributed by atoms with Gasteiger partial charge in [0.2, 0.25) is 0 Å². The van der Waals surface area contributed by atoms with E-state index < -0.39 is 0 Å². The molecule has 1 aromatic heterocycles. The molecule has 4 heteroatoms. The van der Waals surface area contributed by atoms with Crippen molar-refractivity contribution in [1.82, 2.24) is 5.32 Å². The van der Waals surface area contributed by atoms with E-state index in [0.29, 0.717) is 6.04 Å². The van der Waals surface area contributed by atoms with Gasteiger partial charge in [0.25, 0.3) is 0 Å². The van der Waals surface area contributed by atoms with E-state index in [1.165, 1.54) is 27.8 Å². The van der Waals surface area contributed by atoms with Crippen molar-refractivity contribution in [2.24, 2.45) is 0 Å². The number of hydrogen-bond donors (Lipinski definition) is 1. The lowest BCUT2D eigenvalue weighted by molar-refractivity contribution is 0.290. The zero-order chi connectivity index (χ0) is 13.2. The summed E-state index contributed by atoms with van der Waals surface area (Å²) in [5.41, 5.74) is 1.47. The highest BCUT2D eigenvalue weighted by molar-refractivity contribution is 9.10. The SMILES string of the molecule is Brc1ccc(C2CC(NCc3cc(Br)cs3)C2)cc1. The summed E-state index contributed by atoms with van der Waals surface area (Å²) in [6.45, 7) is 0.994. The predicted molar refractivity (Wildman–Crippen MR) is 88.8 cm³/mol. The molecule has 1 fully saturated rings. The van der Waals surface area contributed by atoms with Gasteiger partial charge >= 0.3 is 0 Å². The van der Waals surface area contributed by atoms with Crippen molar-refractivity contribution < 1.29 is 0 Å². The third-order valence-corrected chi connectivity index (χ3v) is 5.89. The highest BCUT2D eigenvalue weighted by Gasteiger charge is 2.29. The van der Waals surface area contributed by atoms with Gasteiger partial charge in [-0.3, -0.25) is 0 Å². The highest BCUT2D eigenvalue weighted by Crippen LogP contribution is 2.37. The Labute approximate surface area is 134 Å². The molecular formula is C15H15Br2NS.